The molecule has 0 aliphatic carbocycles. The van der Waals surface area contributed by atoms with Crippen molar-refractivity contribution >= 4 is 22.1 Å². The highest BCUT2D eigenvalue weighted by atomic mass is 15.3. The maximum atomic E-state index is 5.96. The Balaban J connectivity index is 1.89. The molecule has 0 saturated heterocycles. The topological polar surface area (TPSA) is 74.5 Å². The Labute approximate surface area is 155 Å². The number of fused-ring (bicyclic) bond motifs is 2. The minimum atomic E-state index is 0.886. The smallest absolute Gasteiger partial charge is 0.146 e. The van der Waals surface area contributed by atoms with Crippen LogP contribution in [0.4, 0.5) is 0 Å². The Kier molecular flexibility index (Phi) is 3.27. The van der Waals surface area contributed by atoms with Gasteiger partial charge in [0, 0.05) is 18.0 Å². The van der Waals surface area contributed by atoms with E-state index in [-0.39, 0.29) is 0 Å². The number of imidazole rings is 2. The van der Waals surface area contributed by atoms with Crippen molar-refractivity contribution in [2.24, 2.45) is 0 Å². The summed E-state index contributed by atoms with van der Waals surface area (Å²) in [4.78, 5) is 13.6. The Morgan fingerprint density at radius 2 is 1.70 bits per heavy atom. The van der Waals surface area contributed by atoms with Crippen LogP contribution >= 0.6 is 0 Å². The van der Waals surface area contributed by atoms with E-state index in [0.29, 0.717) is 0 Å². The molecule has 3 aromatic heterocycles. The largest absolute Gasteiger partial charge is 0.338 e. The quantitative estimate of drug-likeness (QED) is 0.490. The molecule has 0 bridgehead atoms. The van der Waals surface area contributed by atoms with Crippen LogP contribution in [-0.4, -0.2) is 24.2 Å². The molecule has 0 spiro atoms. The number of pyridine rings is 1. The number of rotatable bonds is 2. The first-order chi connectivity index (χ1) is 13.1. The fraction of sp³-hybridized carbons (Fsp3) is 0.0952. The highest BCUT2D eigenvalue weighted by Crippen LogP contribution is 2.33. The second-order valence-corrected chi connectivity index (χ2v) is 6.68. The lowest BCUT2D eigenvalue weighted by Crippen LogP contribution is -2.05. The lowest BCUT2D eigenvalue weighted by Gasteiger charge is -2.11. The zero-order chi connectivity index (χ0) is 18.5. The van der Waals surface area contributed by atoms with Crippen LogP contribution in [0.25, 0.3) is 39.1 Å². The van der Waals surface area contributed by atoms with Crippen molar-refractivity contribution in [2.45, 2.75) is 13.8 Å². The lowest BCUT2D eigenvalue weighted by molar-refractivity contribution is 1.04. The van der Waals surface area contributed by atoms with Crippen LogP contribution in [0.5, 0.6) is 0 Å². The van der Waals surface area contributed by atoms with E-state index < -0.39 is 0 Å². The average molecular weight is 354 g/mol. The van der Waals surface area contributed by atoms with Crippen molar-refractivity contribution in [1.82, 2.24) is 24.2 Å². The summed E-state index contributed by atoms with van der Waals surface area (Å²) in [7, 11) is 0. The molecule has 3 heterocycles. The molecule has 132 valence electrons. The molecule has 27 heavy (non-hydrogen) atoms. The van der Waals surface area contributed by atoms with E-state index in [0.717, 1.165) is 50.3 Å². The molecule has 5 aromatic rings. The first-order valence-corrected chi connectivity index (χ1v) is 8.75. The van der Waals surface area contributed by atoms with Gasteiger partial charge in [-0.1, -0.05) is 12.1 Å². The van der Waals surface area contributed by atoms with E-state index in [1.54, 1.807) is 23.4 Å². The molecule has 0 unspecified atom stereocenters. The first kappa shape index (κ1) is 15.6. The van der Waals surface area contributed by atoms with Crippen molar-refractivity contribution in [3.63, 3.8) is 0 Å². The highest BCUT2D eigenvalue weighted by molar-refractivity contribution is 5.90. The van der Waals surface area contributed by atoms with Crippen LogP contribution in [0, 0.1) is 13.8 Å². The van der Waals surface area contributed by atoms with Gasteiger partial charge in [-0.2, -0.15) is 0 Å². The van der Waals surface area contributed by atoms with E-state index in [4.69, 9.17) is 10.8 Å². The number of nitrogens with two attached hydrogens (primary N) is 1. The summed E-state index contributed by atoms with van der Waals surface area (Å²) < 4.78 is 3.72. The van der Waals surface area contributed by atoms with E-state index >= 15 is 0 Å². The maximum Gasteiger partial charge on any atom is 0.146 e. The van der Waals surface area contributed by atoms with Gasteiger partial charge >= 0.3 is 0 Å². The predicted octanol–water partition coefficient (Wildman–Crippen LogP) is 3.77. The summed E-state index contributed by atoms with van der Waals surface area (Å²) in [6.45, 7) is 4.15. The lowest BCUT2D eigenvalue weighted by atomic mass is 10.1. The molecular formula is C21H18N6. The Morgan fingerprint density at radius 3 is 2.52 bits per heavy atom. The van der Waals surface area contributed by atoms with Gasteiger partial charge in [-0.3, -0.25) is 9.55 Å². The Hall–Kier alpha value is -3.67. The highest BCUT2D eigenvalue weighted by Gasteiger charge is 2.19. The fourth-order valence-corrected chi connectivity index (χ4v) is 3.66. The van der Waals surface area contributed by atoms with E-state index in [1.807, 2.05) is 18.2 Å². The number of aryl methyl sites for hydroxylation is 2. The van der Waals surface area contributed by atoms with Crippen LogP contribution in [0.15, 0.2) is 61.2 Å². The van der Waals surface area contributed by atoms with Gasteiger partial charge in [0.1, 0.15) is 12.2 Å². The van der Waals surface area contributed by atoms with Crippen molar-refractivity contribution < 1.29 is 0 Å². The minimum absolute atomic E-state index is 0.886. The Morgan fingerprint density at radius 1 is 0.889 bits per heavy atom. The molecule has 0 amide bonds. The monoisotopic (exact) mass is 354 g/mol. The summed E-state index contributed by atoms with van der Waals surface area (Å²) in [6, 6.07) is 14.3. The molecule has 2 aromatic carbocycles. The zero-order valence-electron chi connectivity index (χ0n) is 15.1. The van der Waals surface area contributed by atoms with Gasteiger partial charge in [-0.05, 0) is 55.3 Å². The molecule has 0 atom stereocenters. The summed E-state index contributed by atoms with van der Waals surface area (Å²) >= 11 is 0. The third-order valence-electron chi connectivity index (χ3n) is 5.05. The van der Waals surface area contributed by atoms with Crippen molar-refractivity contribution in [2.75, 3.05) is 5.84 Å². The molecule has 0 fully saturated rings. The minimum Gasteiger partial charge on any atom is -0.338 e. The predicted molar refractivity (Wildman–Crippen MR) is 107 cm³/mol. The van der Waals surface area contributed by atoms with Crippen molar-refractivity contribution in [3.8, 4) is 17.1 Å². The molecule has 0 saturated carbocycles. The molecule has 6 nitrogen and oxygen atoms in total. The number of hydrogen-bond acceptors (Lipinski definition) is 4. The third-order valence-corrected chi connectivity index (χ3v) is 5.05. The van der Waals surface area contributed by atoms with Crippen LogP contribution in [0.2, 0.25) is 0 Å². The van der Waals surface area contributed by atoms with Crippen molar-refractivity contribution in [3.05, 3.63) is 72.3 Å². The van der Waals surface area contributed by atoms with Gasteiger partial charge in [0.25, 0.3) is 0 Å². The summed E-state index contributed by atoms with van der Waals surface area (Å²) in [5.74, 6) is 6.85. The molecule has 5 rings (SSSR count). The van der Waals surface area contributed by atoms with Gasteiger partial charge in [0.2, 0.25) is 0 Å². The number of benzene rings is 2. The normalized spacial score (nSPS) is 11.5. The number of hydrogen-bond donors (Lipinski definition) is 1. The van der Waals surface area contributed by atoms with Crippen LogP contribution in [0.1, 0.15) is 11.1 Å². The zero-order valence-corrected chi connectivity index (χ0v) is 15.1. The van der Waals surface area contributed by atoms with E-state index in [9.17, 15) is 0 Å². The summed E-state index contributed by atoms with van der Waals surface area (Å²) in [6.07, 6.45) is 5.23. The molecule has 0 radical (unpaired) electrons. The Bertz CT molecular complexity index is 1300. The standard InChI is InChI=1S/C21H18N6/c1-13-4-3-5-18-19(13)25-21(27(18)15-8-10-23-11-9-15)16-6-7-17-20(14(16)2)24-12-26(17)22/h3-12H,22H2,1-2H3. The average Bonchev–Trinajstić information content (AvgIpc) is 3.25. The van der Waals surface area contributed by atoms with E-state index in [1.165, 1.54) is 0 Å². The van der Waals surface area contributed by atoms with Crippen LogP contribution in [0.3, 0.4) is 0 Å². The van der Waals surface area contributed by atoms with E-state index in [2.05, 4.69) is 52.6 Å². The SMILES string of the molecule is Cc1c(-c2nc3c(C)cccc3n2-c2ccncc2)ccc2c1ncn2N. The van der Waals surface area contributed by atoms with Crippen LogP contribution in [-0.2, 0) is 0 Å². The second kappa shape index (κ2) is 5.67. The second-order valence-electron chi connectivity index (χ2n) is 6.68. The van der Waals surface area contributed by atoms with Gasteiger partial charge in [0.15, 0.2) is 0 Å². The maximum absolute atomic E-state index is 5.96. The van der Waals surface area contributed by atoms with Gasteiger partial charge in [0.05, 0.1) is 27.8 Å². The number of para-hydroxylation sites is 1. The number of aromatic nitrogens is 5. The van der Waals surface area contributed by atoms with Gasteiger partial charge in [-0.25, -0.2) is 14.6 Å². The third kappa shape index (κ3) is 2.23. The number of nitrogens with zero attached hydrogens (tertiary/aromatic N) is 5. The molecule has 2 N–H and O–H groups in total. The molecule has 6 heteroatoms. The molecule has 0 aliphatic heterocycles. The molecular weight excluding hydrogens is 336 g/mol. The van der Waals surface area contributed by atoms with Gasteiger partial charge < -0.3 is 5.84 Å². The summed E-state index contributed by atoms with van der Waals surface area (Å²) in [5.41, 5.74) is 8.12. The number of nitrogen functional groups attached to an aromatic ring is 1. The van der Waals surface area contributed by atoms with Crippen LogP contribution < -0.4 is 5.84 Å². The molecule has 0 aliphatic rings. The summed E-state index contributed by atoms with van der Waals surface area (Å²) in [5, 5.41) is 0. The van der Waals surface area contributed by atoms with Crippen molar-refractivity contribution in [1.29, 1.82) is 0 Å². The van der Waals surface area contributed by atoms with Gasteiger partial charge in [-0.15, -0.1) is 0 Å². The fourth-order valence-electron chi connectivity index (χ4n) is 3.66. The first-order valence-electron chi connectivity index (χ1n) is 8.75.